The van der Waals surface area contributed by atoms with Gasteiger partial charge in [-0.15, -0.1) is 0 Å². The van der Waals surface area contributed by atoms with Crippen molar-refractivity contribution in [3.05, 3.63) is 76.4 Å². The van der Waals surface area contributed by atoms with Gasteiger partial charge in [-0.2, -0.15) is 0 Å². The van der Waals surface area contributed by atoms with Crippen molar-refractivity contribution in [2.24, 2.45) is 0 Å². The molecule has 0 unspecified atom stereocenters. The van der Waals surface area contributed by atoms with Gasteiger partial charge in [0.05, 0.1) is 12.7 Å². The predicted octanol–water partition coefficient (Wildman–Crippen LogP) is 5.95. The fraction of sp³-hybridized carbons (Fsp3) is 0.400. The van der Waals surface area contributed by atoms with E-state index in [0.717, 1.165) is 11.1 Å². The van der Waals surface area contributed by atoms with Crippen molar-refractivity contribution in [1.29, 1.82) is 0 Å². The zero-order chi connectivity index (χ0) is 19.4. The molecule has 0 N–H and O–H groups in total. The van der Waals surface area contributed by atoms with Crippen molar-refractivity contribution < 1.29 is 9.53 Å². The van der Waals surface area contributed by atoms with Crippen molar-refractivity contribution >= 4 is 11.5 Å². The van der Waals surface area contributed by atoms with Gasteiger partial charge >= 0.3 is 5.97 Å². The molecule has 0 aliphatic heterocycles. The predicted molar refractivity (Wildman–Crippen MR) is 110 cm³/mol. The molecule has 0 atom stereocenters. The Hall–Kier alpha value is -2.35. The third-order valence-corrected chi connectivity index (χ3v) is 6.73. The maximum absolute atomic E-state index is 11.7. The molecule has 1 fully saturated rings. The van der Waals surface area contributed by atoms with Gasteiger partial charge in [-0.25, -0.2) is 4.79 Å². The minimum absolute atomic E-state index is 0.246. The van der Waals surface area contributed by atoms with E-state index in [-0.39, 0.29) is 11.4 Å². The summed E-state index contributed by atoms with van der Waals surface area (Å²) in [7, 11) is 1.40. The number of fused-ring (bicyclic) bond motifs is 2. The molecule has 1 saturated carbocycles. The van der Waals surface area contributed by atoms with Crippen LogP contribution >= 0.6 is 0 Å². The highest BCUT2D eigenvalue weighted by Crippen LogP contribution is 2.59. The van der Waals surface area contributed by atoms with E-state index in [2.05, 4.69) is 39.5 Å². The van der Waals surface area contributed by atoms with Crippen LogP contribution in [0.4, 0.5) is 0 Å². The Balaban J connectivity index is 1.74. The Labute approximate surface area is 162 Å². The minimum atomic E-state index is -0.310. The van der Waals surface area contributed by atoms with E-state index in [1.165, 1.54) is 49.5 Å². The minimum Gasteiger partial charge on any atom is -0.465 e. The quantitative estimate of drug-likeness (QED) is 0.633. The zero-order valence-electron chi connectivity index (χ0n) is 16.8. The molecule has 2 aliphatic rings. The molecule has 2 heteroatoms. The summed E-state index contributed by atoms with van der Waals surface area (Å²) >= 11 is 0. The van der Waals surface area contributed by atoms with Crippen LogP contribution in [-0.4, -0.2) is 13.1 Å². The van der Waals surface area contributed by atoms with Crippen molar-refractivity contribution in [3.63, 3.8) is 0 Å². The average molecular weight is 360 g/mol. The number of hydrogen-bond acceptors (Lipinski definition) is 2. The molecule has 140 valence electrons. The van der Waals surface area contributed by atoms with Gasteiger partial charge in [-0.05, 0) is 89.0 Å². The lowest BCUT2D eigenvalue weighted by molar-refractivity contribution is 0.0600. The number of rotatable bonds is 3. The van der Waals surface area contributed by atoms with Gasteiger partial charge in [0, 0.05) is 0 Å². The number of ether oxygens (including phenoxy) is 1. The van der Waals surface area contributed by atoms with E-state index in [1.807, 2.05) is 24.3 Å². The lowest BCUT2D eigenvalue weighted by Gasteiger charge is -2.38. The SMILES string of the molecule is C=C(c1ccc(C(=O)OC)cc1)c1cc2c(cc1C)C(C)(C)CCC21CC1. The number of methoxy groups -OCH3 is 1. The van der Waals surface area contributed by atoms with Crippen LogP contribution < -0.4 is 0 Å². The maximum Gasteiger partial charge on any atom is 0.337 e. The number of benzene rings is 2. The molecule has 0 saturated heterocycles. The van der Waals surface area contributed by atoms with Gasteiger partial charge in [-0.3, -0.25) is 0 Å². The van der Waals surface area contributed by atoms with E-state index >= 15 is 0 Å². The second kappa shape index (κ2) is 6.09. The molecule has 2 aromatic carbocycles. The lowest BCUT2D eigenvalue weighted by Crippen LogP contribution is -2.30. The van der Waals surface area contributed by atoms with Gasteiger partial charge in [-0.1, -0.05) is 44.7 Å². The molecule has 1 spiro atoms. The first-order valence-corrected chi connectivity index (χ1v) is 9.81. The molecule has 0 radical (unpaired) electrons. The molecular weight excluding hydrogens is 332 g/mol. The first kappa shape index (κ1) is 18.0. The Bertz CT molecular complexity index is 928. The summed E-state index contributed by atoms with van der Waals surface area (Å²) < 4.78 is 4.79. The average Bonchev–Trinajstić information content (AvgIpc) is 3.45. The Morgan fingerprint density at radius 3 is 2.15 bits per heavy atom. The van der Waals surface area contributed by atoms with Crippen molar-refractivity contribution in [1.82, 2.24) is 0 Å². The van der Waals surface area contributed by atoms with Crippen molar-refractivity contribution in [2.45, 2.75) is 57.3 Å². The highest BCUT2D eigenvalue weighted by atomic mass is 16.5. The van der Waals surface area contributed by atoms with Gasteiger partial charge in [0.15, 0.2) is 0 Å². The number of aryl methyl sites for hydroxylation is 1. The zero-order valence-corrected chi connectivity index (χ0v) is 16.8. The van der Waals surface area contributed by atoms with E-state index in [1.54, 1.807) is 5.56 Å². The second-order valence-corrected chi connectivity index (χ2v) is 8.92. The highest BCUT2D eigenvalue weighted by Gasteiger charge is 2.50. The summed E-state index contributed by atoms with van der Waals surface area (Å²) in [6.45, 7) is 11.3. The maximum atomic E-state index is 11.7. The first-order valence-electron chi connectivity index (χ1n) is 9.81. The summed E-state index contributed by atoms with van der Waals surface area (Å²) in [4.78, 5) is 11.7. The Morgan fingerprint density at radius 1 is 0.963 bits per heavy atom. The Morgan fingerprint density at radius 2 is 1.56 bits per heavy atom. The van der Waals surface area contributed by atoms with Gasteiger partial charge < -0.3 is 4.74 Å². The van der Waals surface area contributed by atoms with Crippen molar-refractivity contribution in [3.8, 4) is 0 Å². The van der Waals surface area contributed by atoms with Gasteiger partial charge in [0.1, 0.15) is 0 Å². The van der Waals surface area contributed by atoms with Crippen LogP contribution in [0.2, 0.25) is 0 Å². The number of carbonyl (C=O) groups is 1. The van der Waals surface area contributed by atoms with Crippen LogP contribution in [0.3, 0.4) is 0 Å². The number of carbonyl (C=O) groups excluding carboxylic acids is 1. The largest absolute Gasteiger partial charge is 0.465 e. The molecule has 0 heterocycles. The third-order valence-electron chi connectivity index (χ3n) is 6.73. The summed E-state index contributed by atoms with van der Waals surface area (Å²) in [5.41, 5.74) is 8.88. The highest BCUT2D eigenvalue weighted by molar-refractivity contribution is 5.90. The lowest BCUT2D eigenvalue weighted by atomic mass is 9.66. The van der Waals surface area contributed by atoms with Crippen LogP contribution in [0.1, 0.15) is 77.7 Å². The molecule has 0 bridgehead atoms. The summed E-state index contributed by atoms with van der Waals surface area (Å²) in [6, 6.07) is 12.4. The van der Waals surface area contributed by atoms with Crippen LogP contribution in [0, 0.1) is 6.92 Å². The summed E-state index contributed by atoms with van der Waals surface area (Å²) in [5, 5.41) is 0. The van der Waals surface area contributed by atoms with Crippen LogP contribution in [0.15, 0.2) is 43.0 Å². The summed E-state index contributed by atoms with van der Waals surface area (Å²) in [5.74, 6) is -0.310. The molecule has 0 aromatic heterocycles. The van der Waals surface area contributed by atoms with Gasteiger partial charge in [0.25, 0.3) is 0 Å². The number of esters is 1. The Kier molecular flexibility index (Phi) is 4.06. The first-order chi connectivity index (χ1) is 12.8. The van der Waals surface area contributed by atoms with Crippen molar-refractivity contribution in [2.75, 3.05) is 7.11 Å². The topological polar surface area (TPSA) is 26.3 Å². The van der Waals surface area contributed by atoms with E-state index in [0.29, 0.717) is 11.0 Å². The van der Waals surface area contributed by atoms with Crippen LogP contribution in [-0.2, 0) is 15.6 Å². The van der Waals surface area contributed by atoms with Gasteiger partial charge in [0.2, 0.25) is 0 Å². The third kappa shape index (κ3) is 2.92. The monoisotopic (exact) mass is 360 g/mol. The standard InChI is InChI=1S/C25H28O2/c1-16-14-21-22(25(12-13-25)11-10-24(21,3)4)15-20(16)17(2)18-6-8-19(9-7-18)23(26)27-5/h6-9,14-15H,2,10-13H2,1,3-5H3. The fourth-order valence-corrected chi connectivity index (χ4v) is 4.60. The second-order valence-electron chi connectivity index (χ2n) is 8.92. The summed E-state index contributed by atoms with van der Waals surface area (Å²) in [6.07, 6.45) is 5.21. The molecule has 0 amide bonds. The number of hydrogen-bond donors (Lipinski definition) is 0. The molecule has 27 heavy (non-hydrogen) atoms. The van der Waals surface area contributed by atoms with Crippen LogP contribution in [0.25, 0.3) is 5.57 Å². The van der Waals surface area contributed by atoms with E-state index in [4.69, 9.17) is 4.74 Å². The smallest absolute Gasteiger partial charge is 0.337 e. The molecule has 4 rings (SSSR count). The van der Waals surface area contributed by atoms with E-state index in [9.17, 15) is 4.79 Å². The molecule has 2 nitrogen and oxygen atoms in total. The molecule has 2 aliphatic carbocycles. The molecule has 2 aromatic rings. The van der Waals surface area contributed by atoms with Crippen LogP contribution in [0.5, 0.6) is 0 Å². The fourth-order valence-electron chi connectivity index (χ4n) is 4.60. The van der Waals surface area contributed by atoms with E-state index < -0.39 is 0 Å². The normalized spacial score (nSPS) is 18.7. The molecular formula is C25H28O2.